The van der Waals surface area contributed by atoms with Gasteiger partial charge < -0.3 is 9.47 Å². The third-order valence-corrected chi connectivity index (χ3v) is 3.37. The number of tetrazole rings is 1. The molecule has 2 aromatic carbocycles. The van der Waals surface area contributed by atoms with Gasteiger partial charge in [-0.2, -0.15) is 0 Å². The maximum atomic E-state index is 12.0. The fraction of sp³-hybridized carbons (Fsp3) is 0.125. The van der Waals surface area contributed by atoms with Gasteiger partial charge in [-0.1, -0.05) is 11.6 Å². The molecule has 3 rings (SSSR count). The predicted molar refractivity (Wildman–Crippen MR) is 86.4 cm³/mol. The van der Waals surface area contributed by atoms with Gasteiger partial charge >= 0.3 is 5.97 Å². The van der Waals surface area contributed by atoms with Crippen LogP contribution in [0.25, 0.3) is 5.69 Å². The Bertz CT molecular complexity index is 789. The first kappa shape index (κ1) is 15.9. The van der Waals surface area contributed by atoms with E-state index in [4.69, 9.17) is 21.1 Å². The molecule has 8 heteroatoms. The van der Waals surface area contributed by atoms with Crippen molar-refractivity contribution in [1.29, 1.82) is 0 Å². The summed E-state index contributed by atoms with van der Waals surface area (Å²) in [4.78, 5) is 12.0. The third-order valence-electron chi connectivity index (χ3n) is 3.12. The van der Waals surface area contributed by atoms with Gasteiger partial charge in [0, 0.05) is 5.02 Å². The van der Waals surface area contributed by atoms with E-state index in [0.717, 1.165) is 5.69 Å². The molecule has 1 aromatic heterocycles. The molecule has 0 N–H and O–H groups in total. The van der Waals surface area contributed by atoms with E-state index >= 15 is 0 Å². The molecule has 1 heterocycles. The molecule has 3 aromatic rings. The number of carbonyl (C=O) groups excluding carboxylic acids is 1. The lowest BCUT2D eigenvalue weighted by Crippen LogP contribution is -2.12. The summed E-state index contributed by atoms with van der Waals surface area (Å²) < 4.78 is 12.1. The van der Waals surface area contributed by atoms with Gasteiger partial charge in [0.15, 0.2) is 0 Å². The minimum absolute atomic E-state index is 0.149. The third kappa shape index (κ3) is 4.08. The molecule has 0 aliphatic rings. The number of hydrogen-bond donors (Lipinski definition) is 0. The SMILES string of the molecule is O=C(OCCOc1ccc(Cl)cc1)c1ccc(-n2cnnn2)cc1. The highest BCUT2D eigenvalue weighted by molar-refractivity contribution is 6.30. The number of carbonyl (C=O) groups is 1. The van der Waals surface area contributed by atoms with Crippen molar-refractivity contribution in [3.8, 4) is 11.4 Å². The maximum absolute atomic E-state index is 12.0. The summed E-state index contributed by atoms with van der Waals surface area (Å²) in [6.45, 7) is 0.409. The van der Waals surface area contributed by atoms with Crippen molar-refractivity contribution in [3.05, 3.63) is 65.4 Å². The minimum atomic E-state index is -0.419. The predicted octanol–water partition coefficient (Wildman–Crippen LogP) is 2.55. The lowest BCUT2D eigenvalue weighted by atomic mass is 10.2. The van der Waals surface area contributed by atoms with E-state index in [2.05, 4.69) is 15.5 Å². The molecule has 0 bridgehead atoms. The zero-order valence-electron chi connectivity index (χ0n) is 12.5. The molecule has 7 nitrogen and oxygen atoms in total. The highest BCUT2D eigenvalue weighted by Crippen LogP contribution is 2.15. The van der Waals surface area contributed by atoms with Crippen molar-refractivity contribution in [1.82, 2.24) is 20.2 Å². The van der Waals surface area contributed by atoms with Gasteiger partial charge in [-0.25, -0.2) is 9.48 Å². The quantitative estimate of drug-likeness (QED) is 0.505. The lowest BCUT2D eigenvalue weighted by molar-refractivity contribution is 0.0450. The van der Waals surface area contributed by atoms with Gasteiger partial charge in [0.1, 0.15) is 25.3 Å². The van der Waals surface area contributed by atoms with Gasteiger partial charge in [0.2, 0.25) is 0 Å². The van der Waals surface area contributed by atoms with Crippen LogP contribution in [0.15, 0.2) is 54.9 Å². The van der Waals surface area contributed by atoms with Crippen LogP contribution in [0, 0.1) is 0 Å². The second kappa shape index (κ2) is 7.56. The van der Waals surface area contributed by atoms with Gasteiger partial charge in [-0.3, -0.25) is 0 Å². The zero-order valence-corrected chi connectivity index (χ0v) is 13.3. The summed E-state index contributed by atoms with van der Waals surface area (Å²) in [5.74, 6) is 0.249. The highest BCUT2D eigenvalue weighted by Gasteiger charge is 2.08. The Morgan fingerprint density at radius 1 is 1.04 bits per heavy atom. The maximum Gasteiger partial charge on any atom is 0.338 e. The van der Waals surface area contributed by atoms with Crippen LogP contribution in [0.5, 0.6) is 5.75 Å². The zero-order chi connectivity index (χ0) is 16.8. The average Bonchev–Trinajstić information content (AvgIpc) is 3.15. The number of rotatable bonds is 6. The molecular weight excluding hydrogens is 332 g/mol. The number of ether oxygens (including phenoxy) is 2. The van der Waals surface area contributed by atoms with E-state index in [9.17, 15) is 4.79 Å². The Labute approximate surface area is 142 Å². The summed E-state index contributed by atoms with van der Waals surface area (Å²) in [6.07, 6.45) is 1.47. The molecule has 0 saturated carbocycles. The van der Waals surface area contributed by atoms with Crippen molar-refractivity contribution < 1.29 is 14.3 Å². The number of nitrogens with zero attached hydrogens (tertiary/aromatic N) is 4. The van der Waals surface area contributed by atoms with E-state index in [0.29, 0.717) is 16.3 Å². The Hall–Kier alpha value is -2.93. The first-order valence-electron chi connectivity index (χ1n) is 7.11. The van der Waals surface area contributed by atoms with Crippen molar-refractivity contribution in [2.75, 3.05) is 13.2 Å². The molecule has 0 aliphatic carbocycles. The van der Waals surface area contributed by atoms with Gasteiger partial charge in [0.25, 0.3) is 0 Å². The van der Waals surface area contributed by atoms with Crippen LogP contribution in [-0.2, 0) is 4.74 Å². The monoisotopic (exact) mass is 344 g/mol. The van der Waals surface area contributed by atoms with Crippen LogP contribution in [0.1, 0.15) is 10.4 Å². The van der Waals surface area contributed by atoms with Crippen LogP contribution in [0.2, 0.25) is 5.02 Å². The molecule has 0 radical (unpaired) electrons. The van der Waals surface area contributed by atoms with E-state index < -0.39 is 5.97 Å². The summed E-state index contributed by atoms with van der Waals surface area (Å²) >= 11 is 5.79. The topological polar surface area (TPSA) is 79.1 Å². The number of hydrogen-bond acceptors (Lipinski definition) is 6. The molecular formula is C16H13ClN4O3. The molecule has 0 atom stereocenters. The Morgan fingerprint density at radius 2 is 1.79 bits per heavy atom. The average molecular weight is 345 g/mol. The first-order valence-corrected chi connectivity index (χ1v) is 7.49. The smallest absolute Gasteiger partial charge is 0.338 e. The molecule has 0 spiro atoms. The van der Waals surface area contributed by atoms with Crippen LogP contribution >= 0.6 is 11.6 Å². The number of benzene rings is 2. The van der Waals surface area contributed by atoms with Crippen LogP contribution in [0.4, 0.5) is 0 Å². The van der Waals surface area contributed by atoms with Crippen LogP contribution < -0.4 is 4.74 Å². The molecule has 0 fully saturated rings. The number of esters is 1. The van der Waals surface area contributed by atoms with Crippen LogP contribution in [0.3, 0.4) is 0 Å². The largest absolute Gasteiger partial charge is 0.490 e. The van der Waals surface area contributed by atoms with Gasteiger partial charge in [-0.05, 0) is 59.0 Å². The Morgan fingerprint density at radius 3 is 2.46 bits per heavy atom. The molecule has 0 aliphatic heterocycles. The minimum Gasteiger partial charge on any atom is -0.490 e. The van der Waals surface area contributed by atoms with E-state index in [1.54, 1.807) is 48.5 Å². The summed E-state index contributed by atoms with van der Waals surface area (Å²) in [5, 5.41) is 11.5. The van der Waals surface area contributed by atoms with Crippen LogP contribution in [-0.4, -0.2) is 39.4 Å². The van der Waals surface area contributed by atoms with E-state index in [1.165, 1.54) is 11.0 Å². The standard InChI is InChI=1S/C16H13ClN4O3/c17-13-3-7-15(8-4-13)23-9-10-24-16(22)12-1-5-14(6-2-12)21-11-18-19-20-21/h1-8,11H,9-10H2. The lowest BCUT2D eigenvalue weighted by Gasteiger charge is -2.08. The van der Waals surface area contributed by atoms with E-state index in [1.807, 2.05) is 0 Å². The molecule has 0 unspecified atom stereocenters. The Kier molecular flexibility index (Phi) is 5.02. The first-order chi connectivity index (χ1) is 11.7. The molecule has 0 saturated heterocycles. The summed E-state index contributed by atoms with van der Waals surface area (Å²) in [5.41, 5.74) is 1.20. The van der Waals surface area contributed by atoms with E-state index in [-0.39, 0.29) is 13.2 Å². The van der Waals surface area contributed by atoms with Gasteiger partial charge in [-0.15, -0.1) is 5.10 Å². The summed E-state index contributed by atoms with van der Waals surface area (Å²) in [6, 6.07) is 13.7. The second-order valence-corrected chi connectivity index (χ2v) is 5.18. The molecule has 24 heavy (non-hydrogen) atoms. The normalized spacial score (nSPS) is 10.4. The fourth-order valence-corrected chi connectivity index (χ4v) is 2.06. The number of aromatic nitrogens is 4. The highest BCUT2D eigenvalue weighted by atomic mass is 35.5. The number of halogens is 1. The molecule has 122 valence electrons. The van der Waals surface area contributed by atoms with Crippen molar-refractivity contribution in [3.63, 3.8) is 0 Å². The van der Waals surface area contributed by atoms with Crippen molar-refractivity contribution >= 4 is 17.6 Å². The Balaban J connectivity index is 1.47. The summed E-state index contributed by atoms with van der Waals surface area (Å²) in [7, 11) is 0. The fourth-order valence-electron chi connectivity index (χ4n) is 1.94. The van der Waals surface area contributed by atoms with Gasteiger partial charge in [0.05, 0.1) is 11.3 Å². The second-order valence-electron chi connectivity index (χ2n) is 4.74. The molecule has 0 amide bonds. The van der Waals surface area contributed by atoms with Crippen molar-refractivity contribution in [2.24, 2.45) is 0 Å². The van der Waals surface area contributed by atoms with Crippen molar-refractivity contribution in [2.45, 2.75) is 0 Å².